The van der Waals surface area contributed by atoms with Crippen LogP contribution in [-0.2, 0) is 0 Å². The molecule has 2 heterocycles. The lowest BCUT2D eigenvalue weighted by Gasteiger charge is -2.37. The van der Waals surface area contributed by atoms with Gasteiger partial charge in [-0.05, 0) is 74.3 Å². The standard InChI is InChI=1S/C29H43Cl3N4O2/c1-5-8-21(6-2)24-17-25(22-9-11-23(12-10-22)27(37)38)35(4)28(34-26(18-24)29(30,31)32)33-19-20-13-15-36(7-3)16-14-20/h9-12,17,20-21,24,26H,5-8,13-16,18-19H2,1-4H3,(H,33,34)(H,37,38)/b25-17-. The van der Waals surface area contributed by atoms with E-state index >= 15 is 0 Å². The number of carbonyl (C=O) groups is 1. The Balaban J connectivity index is 1.98. The molecule has 0 aromatic heterocycles. The lowest BCUT2D eigenvalue weighted by atomic mass is 9.81. The molecule has 0 spiro atoms. The van der Waals surface area contributed by atoms with Crippen LogP contribution >= 0.6 is 34.8 Å². The first kappa shape index (κ1) is 31.1. The largest absolute Gasteiger partial charge is 0.478 e. The Hall–Kier alpha value is -1.47. The van der Waals surface area contributed by atoms with E-state index in [1.54, 1.807) is 12.1 Å². The van der Waals surface area contributed by atoms with E-state index in [-0.39, 0.29) is 11.5 Å². The summed E-state index contributed by atoms with van der Waals surface area (Å²) in [5, 5.41) is 13.0. The van der Waals surface area contributed by atoms with Gasteiger partial charge in [0.05, 0.1) is 5.56 Å². The van der Waals surface area contributed by atoms with E-state index < -0.39 is 15.8 Å². The van der Waals surface area contributed by atoms with Crippen LogP contribution in [0.1, 0.15) is 75.2 Å². The third kappa shape index (κ3) is 8.27. The van der Waals surface area contributed by atoms with Crippen molar-refractivity contribution in [2.75, 3.05) is 33.2 Å². The number of piperidine rings is 1. The Morgan fingerprint density at radius 1 is 1.16 bits per heavy atom. The summed E-state index contributed by atoms with van der Waals surface area (Å²) >= 11 is 19.6. The van der Waals surface area contributed by atoms with Crippen LogP contribution in [0.3, 0.4) is 0 Å². The van der Waals surface area contributed by atoms with Gasteiger partial charge < -0.3 is 20.2 Å². The van der Waals surface area contributed by atoms with E-state index in [2.05, 4.69) is 37.1 Å². The van der Waals surface area contributed by atoms with Gasteiger partial charge in [-0.1, -0.05) is 93.0 Å². The molecule has 6 nitrogen and oxygen atoms in total. The second kappa shape index (κ2) is 14.2. The Morgan fingerprint density at radius 3 is 2.34 bits per heavy atom. The average Bonchev–Trinajstić information content (AvgIpc) is 2.89. The Labute approximate surface area is 243 Å². The third-order valence-corrected chi connectivity index (χ3v) is 8.88. The highest BCUT2D eigenvalue weighted by atomic mass is 35.6. The van der Waals surface area contributed by atoms with Crippen molar-refractivity contribution in [2.45, 2.75) is 69.1 Å². The number of aliphatic imine (C=N–C) groups is 1. The molecule has 3 atom stereocenters. The molecule has 1 aromatic carbocycles. The quantitative estimate of drug-likeness (QED) is 0.308. The van der Waals surface area contributed by atoms with E-state index in [1.165, 1.54) is 0 Å². The van der Waals surface area contributed by atoms with Crippen LogP contribution in [-0.4, -0.2) is 69.9 Å². The van der Waals surface area contributed by atoms with Gasteiger partial charge in [0.25, 0.3) is 0 Å². The minimum atomic E-state index is -1.53. The van der Waals surface area contributed by atoms with Crippen molar-refractivity contribution in [3.63, 3.8) is 0 Å². The Bertz CT molecular complexity index is 969. The topological polar surface area (TPSA) is 68.2 Å². The molecule has 1 saturated heterocycles. The number of allylic oxidation sites excluding steroid dienone is 1. The van der Waals surface area contributed by atoms with E-state index in [0.29, 0.717) is 24.2 Å². The first-order valence-electron chi connectivity index (χ1n) is 14.0. The highest BCUT2D eigenvalue weighted by Crippen LogP contribution is 2.41. The van der Waals surface area contributed by atoms with Crippen LogP contribution < -0.4 is 5.32 Å². The normalized spacial score (nSPS) is 25.5. The summed E-state index contributed by atoms with van der Waals surface area (Å²) in [4.78, 5) is 21.0. The zero-order chi connectivity index (χ0) is 27.9. The molecule has 1 fully saturated rings. The number of guanidine groups is 1. The number of aromatic carboxylic acids is 1. The molecule has 38 heavy (non-hydrogen) atoms. The molecule has 1 aromatic rings. The fourth-order valence-corrected chi connectivity index (χ4v) is 6.06. The number of hydrogen-bond donors (Lipinski definition) is 2. The Morgan fingerprint density at radius 2 is 1.82 bits per heavy atom. The second-order valence-corrected chi connectivity index (χ2v) is 13.0. The summed E-state index contributed by atoms with van der Waals surface area (Å²) in [6, 6.07) is 6.55. The van der Waals surface area contributed by atoms with Crippen LogP contribution in [0.5, 0.6) is 0 Å². The van der Waals surface area contributed by atoms with Gasteiger partial charge in [-0.15, -0.1) is 0 Å². The van der Waals surface area contributed by atoms with Gasteiger partial charge >= 0.3 is 5.97 Å². The maximum Gasteiger partial charge on any atom is 0.335 e. The second-order valence-electron chi connectivity index (χ2n) is 10.6. The molecule has 2 aliphatic heterocycles. The highest BCUT2D eigenvalue weighted by Gasteiger charge is 2.38. The third-order valence-electron chi connectivity index (χ3n) is 8.12. The van der Waals surface area contributed by atoms with Crippen LogP contribution in [0.15, 0.2) is 35.3 Å². The number of rotatable bonds is 9. The summed E-state index contributed by atoms with van der Waals surface area (Å²) in [5.74, 6) is 0.863. The van der Waals surface area contributed by atoms with Gasteiger partial charge in [0.15, 0.2) is 5.96 Å². The fourth-order valence-electron chi connectivity index (χ4n) is 5.65. The molecule has 0 bridgehead atoms. The molecule has 0 saturated carbocycles. The molecule has 2 aliphatic rings. The van der Waals surface area contributed by atoms with Crippen LogP contribution in [0.2, 0.25) is 0 Å². The van der Waals surface area contributed by atoms with Crippen molar-refractivity contribution in [2.24, 2.45) is 22.7 Å². The zero-order valence-electron chi connectivity index (χ0n) is 23.1. The van der Waals surface area contributed by atoms with Crippen molar-refractivity contribution >= 4 is 52.4 Å². The SMILES string of the molecule is CCCC(CC)C1/C=C(/c2ccc(C(=O)O)cc2)N(C)/C(NCC2CCN(CC)CC2)=N\C(C(Cl)(Cl)Cl)C1. The first-order chi connectivity index (χ1) is 18.1. The van der Waals surface area contributed by atoms with Crippen LogP contribution in [0, 0.1) is 17.8 Å². The maximum absolute atomic E-state index is 11.5. The predicted molar refractivity (Wildman–Crippen MR) is 160 cm³/mol. The van der Waals surface area contributed by atoms with Crippen molar-refractivity contribution in [3.05, 3.63) is 41.5 Å². The molecule has 0 amide bonds. The number of benzene rings is 1. The van der Waals surface area contributed by atoms with Gasteiger partial charge in [-0.3, -0.25) is 0 Å². The lowest BCUT2D eigenvalue weighted by Crippen LogP contribution is -2.45. The molecule has 0 aliphatic carbocycles. The van der Waals surface area contributed by atoms with Crippen molar-refractivity contribution in [1.82, 2.24) is 15.1 Å². The Kier molecular flexibility index (Phi) is 11.6. The first-order valence-corrected chi connectivity index (χ1v) is 15.1. The maximum atomic E-state index is 11.5. The molecular weight excluding hydrogens is 543 g/mol. The number of hydrogen-bond acceptors (Lipinski definition) is 5. The van der Waals surface area contributed by atoms with Gasteiger partial charge in [0, 0.05) is 19.3 Å². The van der Waals surface area contributed by atoms with Crippen molar-refractivity contribution in [1.29, 1.82) is 0 Å². The summed E-state index contributed by atoms with van der Waals surface area (Å²) in [5.41, 5.74) is 2.18. The number of nitrogens with one attached hydrogen (secondary N) is 1. The molecule has 3 rings (SSSR count). The summed E-state index contributed by atoms with van der Waals surface area (Å²) < 4.78 is -1.53. The minimum Gasteiger partial charge on any atom is -0.478 e. The summed E-state index contributed by atoms with van der Waals surface area (Å²) in [6.07, 6.45) is 8.36. The smallest absolute Gasteiger partial charge is 0.335 e. The van der Waals surface area contributed by atoms with Gasteiger partial charge in [-0.25, -0.2) is 9.79 Å². The number of alkyl halides is 3. The number of carboxylic acid groups (broad SMARTS) is 1. The molecule has 3 unspecified atom stereocenters. The molecule has 0 radical (unpaired) electrons. The molecular formula is C29H43Cl3N4O2. The van der Waals surface area contributed by atoms with Crippen molar-refractivity contribution in [3.8, 4) is 0 Å². The number of likely N-dealkylation sites (tertiary alicyclic amines) is 1. The van der Waals surface area contributed by atoms with Gasteiger partial charge in [-0.2, -0.15) is 0 Å². The van der Waals surface area contributed by atoms with E-state index in [4.69, 9.17) is 39.8 Å². The van der Waals surface area contributed by atoms with Gasteiger partial charge in [0.2, 0.25) is 3.79 Å². The number of halogens is 3. The zero-order valence-corrected chi connectivity index (χ0v) is 25.4. The van der Waals surface area contributed by atoms with Crippen LogP contribution in [0.25, 0.3) is 5.70 Å². The molecule has 9 heteroatoms. The van der Waals surface area contributed by atoms with Crippen LogP contribution in [0.4, 0.5) is 0 Å². The number of nitrogens with zero attached hydrogens (tertiary/aromatic N) is 3. The monoisotopic (exact) mass is 584 g/mol. The molecule has 212 valence electrons. The van der Waals surface area contributed by atoms with E-state index in [9.17, 15) is 9.90 Å². The molecule has 2 N–H and O–H groups in total. The predicted octanol–water partition coefficient (Wildman–Crippen LogP) is 6.92. The highest BCUT2D eigenvalue weighted by molar-refractivity contribution is 6.68. The van der Waals surface area contributed by atoms with E-state index in [1.807, 2.05) is 24.1 Å². The average molecular weight is 586 g/mol. The van der Waals surface area contributed by atoms with Gasteiger partial charge in [0.1, 0.15) is 6.04 Å². The van der Waals surface area contributed by atoms with Crippen molar-refractivity contribution < 1.29 is 9.90 Å². The summed E-state index contributed by atoms with van der Waals surface area (Å²) in [7, 11) is 1.99. The summed E-state index contributed by atoms with van der Waals surface area (Å²) in [6.45, 7) is 10.7. The lowest BCUT2D eigenvalue weighted by molar-refractivity contribution is 0.0697. The number of carboxylic acids is 1. The van der Waals surface area contributed by atoms with E-state index in [0.717, 1.165) is 69.5 Å². The minimum absolute atomic E-state index is 0.154. The fraction of sp³-hybridized carbons (Fsp3) is 0.655.